The molecule has 0 bridgehead atoms. The normalized spacial score (nSPS) is 15.1. The predicted molar refractivity (Wildman–Crippen MR) is 111 cm³/mol. The highest BCUT2D eigenvalue weighted by atomic mass is 16.2. The number of para-hydroxylation sites is 1. The van der Waals surface area contributed by atoms with Crippen LogP contribution in [0.1, 0.15) is 24.0 Å². The summed E-state index contributed by atoms with van der Waals surface area (Å²) in [6.45, 7) is 1.94. The maximum absolute atomic E-state index is 12.1. The van der Waals surface area contributed by atoms with Crippen LogP contribution in [0.15, 0.2) is 42.5 Å². The first-order valence-electron chi connectivity index (χ1n) is 9.24. The molecule has 7 nitrogen and oxygen atoms in total. The zero-order valence-electron chi connectivity index (χ0n) is 15.9. The second-order valence-corrected chi connectivity index (χ2v) is 7.02. The number of nitrogens with zero attached hydrogens (tertiary/aromatic N) is 1. The third-order valence-electron chi connectivity index (χ3n) is 5.26. The van der Waals surface area contributed by atoms with Crippen LogP contribution in [0, 0.1) is 0 Å². The number of aromatic nitrogens is 1. The fourth-order valence-electron chi connectivity index (χ4n) is 3.87. The van der Waals surface area contributed by atoms with Gasteiger partial charge in [-0.15, -0.1) is 0 Å². The zero-order valence-corrected chi connectivity index (χ0v) is 15.9. The van der Waals surface area contributed by atoms with Crippen molar-refractivity contribution in [3.63, 3.8) is 0 Å². The van der Waals surface area contributed by atoms with Crippen molar-refractivity contribution >= 4 is 39.9 Å². The summed E-state index contributed by atoms with van der Waals surface area (Å²) in [4.78, 5) is 29.0. The average molecular weight is 377 g/mol. The molecule has 3 aromatic rings. The van der Waals surface area contributed by atoms with Crippen LogP contribution in [0.4, 0.5) is 17.2 Å². The van der Waals surface area contributed by atoms with E-state index in [4.69, 9.17) is 5.73 Å². The molecule has 0 spiro atoms. The van der Waals surface area contributed by atoms with Crippen LogP contribution < -0.4 is 21.3 Å². The monoisotopic (exact) mass is 377 g/mol. The Kier molecular flexibility index (Phi) is 4.52. The number of rotatable bonds is 4. The number of nitrogens with one attached hydrogen (secondary N) is 3. The number of anilines is 3. The van der Waals surface area contributed by atoms with Crippen molar-refractivity contribution in [2.45, 2.75) is 12.8 Å². The Labute approximate surface area is 162 Å². The summed E-state index contributed by atoms with van der Waals surface area (Å²) >= 11 is 0. The molecule has 4 rings (SSSR count). The standard InChI is InChI=1S/C21H23N5O2/c1-12-15-9-13(24-19(28)11-23-18(27)10-22)7-8-17(15)26(2)21-20(12)14-5-3-4-6-16(14)25-21/h3-9,12,25H,10-11,22H2,1-2H3,(H,23,27)(H,24,28). The van der Waals surface area contributed by atoms with Gasteiger partial charge in [-0.05, 0) is 29.8 Å². The average Bonchev–Trinajstić information content (AvgIpc) is 3.10. The van der Waals surface area contributed by atoms with Gasteiger partial charge in [0.05, 0.1) is 13.1 Å². The molecule has 144 valence electrons. The lowest BCUT2D eigenvalue weighted by Gasteiger charge is -2.32. The molecule has 0 saturated carbocycles. The fourth-order valence-corrected chi connectivity index (χ4v) is 3.87. The van der Waals surface area contributed by atoms with Crippen molar-refractivity contribution in [2.24, 2.45) is 5.73 Å². The van der Waals surface area contributed by atoms with Gasteiger partial charge in [-0.1, -0.05) is 25.1 Å². The molecule has 1 unspecified atom stereocenters. The topological polar surface area (TPSA) is 103 Å². The Hall–Kier alpha value is -3.32. The van der Waals surface area contributed by atoms with E-state index in [1.54, 1.807) is 0 Å². The second-order valence-electron chi connectivity index (χ2n) is 7.02. The molecule has 0 fully saturated rings. The van der Waals surface area contributed by atoms with Gasteiger partial charge < -0.3 is 26.3 Å². The maximum atomic E-state index is 12.1. The Morgan fingerprint density at radius 3 is 2.75 bits per heavy atom. The van der Waals surface area contributed by atoms with Gasteiger partial charge in [-0.2, -0.15) is 0 Å². The number of carbonyl (C=O) groups is 2. The first-order valence-corrected chi connectivity index (χ1v) is 9.24. The van der Waals surface area contributed by atoms with Gasteiger partial charge in [-0.25, -0.2) is 0 Å². The number of benzene rings is 2. The minimum absolute atomic E-state index is 0.102. The molecule has 0 aliphatic carbocycles. The number of hydrogen-bond acceptors (Lipinski definition) is 4. The minimum atomic E-state index is -0.359. The SMILES string of the molecule is CC1c2cc(NC(=O)CNC(=O)CN)ccc2N(C)c2[nH]c3ccccc3c21. The van der Waals surface area contributed by atoms with E-state index < -0.39 is 0 Å². The summed E-state index contributed by atoms with van der Waals surface area (Å²) in [5, 5.41) is 6.52. The molecule has 28 heavy (non-hydrogen) atoms. The molecular formula is C21H23N5O2. The fraction of sp³-hybridized carbons (Fsp3) is 0.238. The summed E-state index contributed by atoms with van der Waals surface area (Å²) < 4.78 is 0. The highest BCUT2D eigenvalue weighted by molar-refractivity contribution is 5.96. The molecule has 2 aromatic carbocycles. The third kappa shape index (κ3) is 2.99. The zero-order chi connectivity index (χ0) is 19.8. The van der Waals surface area contributed by atoms with Gasteiger partial charge in [0.15, 0.2) is 0 Å². The van der Waals surface area contributed by atoms with Crippen molar-refractivity contribution in [1.82, 2.24) is 10.3 Å². The maximum Gasteiger partial charge on any atom is 0.243 e. The molecule has 1 aliphatic heterocycles. The molecule has 7 heteroatoms. The molecule has 5 N–H and O–H groups in total. The quantitative estimate of drug-likeness (QED) is 0.561. The molecule has 2 heterocycles. The van der Waals surface area contributed by atoms with E-state index in [2.05, 4.69) is 39.6 Å². The number of hydrogen-bond donors (Lipinski definition) is 4. The van der Waals surface area contributed by atoms with Crippen molar-refractivity contribution in [1.29, 1.82) is 0 Å². The van der Waals surface area contributed by atoms with Gasteiger partial charge in [0.2, 0.25) is 11.8 Å². The van der Waals surface area contributed by atoms with Crippen molar-refractivity contribution in [3.05, 3.63) is 53.6 Å². The van der Waals surface area contributed by atoms with Gasteiger partial charge >= 0.3 is 0 Å². The predicted octanol–water partition coefficient (Wildman–Crippen LogP) is 2.41. The summed E-state index contributed by atoms with van der Waals surface area (Å²) in [5.74, 6) is 0.627. The molecule has 1 aliphatic rings. The summed E-state index contributed by atoms with van der Waals surface area (Å²) in [6, 6.07) is 14.2. The molecular weight excluding hydrogens is 354 g/mol. The van der Waals surface area contributed by atoms with Crippen LogP contribution in [0.2, 0.25) is 0 Å². The molecule has 1 atom stereocenters. The Morgan fingerprint density at radius 2 is 1.96 bits per heavy atom. The first kappa shape index (κ1) is 18.1. The van der Waals surface area contributed by atoms with Crippen LogP contribution in [-0.2, 0) is 9.59 Å². The summed E-state index contributed by atoms with van der Waals surface area (Å²) in [7, 11) is 2.04. The van der Waals surface area contributed by atoms with E-state index in [-0.39, 0.29) is 30.8 Å². The first-order chi connectivity index (χ1) is 13.5. The number of aromatic amines is 1. The van der Waals surface area contributed by atoms with Crippen LogP contribution in [-0.4, -0.2) is 36.9 Å². The van der Waals surface area contributed by atoms with E-state index in [9.17, 15) is 9.59 Å². The van der Waals surface area contributed by atoms with Crippen molar-refractivity contribution in [3.8, 4) is 0 Å². The van der Waals surface area contributed by atoms with E-state index in [0.717, 1.165) is 22.6 Å². The highest BCUT2D eigenvalue weighted by Gasteiger charge is 2.29. The van der Waals surface area contributed by atoms with Crippen LogP contribution in [0.5, 0.6) is 0 Å². The van der Waals surface area contributed by atoms with Gasteiger partial charge in [0.25, 0.3) is 0 Å². The van der Waals surface area contributed by atoms with E-state index in [0.29, 0.717) is 5.69 Å². The number of nitrogens with two attached hydrogens (primary N) is 1. The smallest absolute Gasteiger partial charge is 0.243 e. The highest BCUT2D eigenvalue weighted by Crippen LogP contribution is 2.47. The Bertz CT molecular complexity index is 1070. The number of amides is 2. The number of H-pyrrole nitrogens is 1. The minimum Gasteiger partial charge on any atom is -0.346 e. The van der Waals surface area contributed by atoms with E-state index in [1.165, 1.54) is 10.9 Å². The van der Waals surface area contributed by atoms with Gasteiger partial charge in [-0.3, -0.25) is 9.59 Å². The van der Waals surface area contributed by atoms with E-state index >= 15 is 0 Å². The molecule has 0 saturated heterocycles. The van der Waals surface area contributed by atoms with Crippen LogP contribution in [0.3, 0.4) is 0 Å². The largest absolute Gasteiger partial charge is 0.346 e. The van der Waals surface area contributed by atoms with Gasteiger partial charge in [0.1, 0.15) is 5.82 Å². The molecule has 2 amide bonds. The lowest BCUT2D eigenvalue weighted by atomic mass is 9.87. The molecule has 0 radical (unpaired) electrons. The lowest BCUT2D eigenvalue weighted by molar-refractivity contribution is -0.123. The second kappa shape index (κ2) is 7.01. The third-order valence-corrected chi connectivity index (χ3v) is 5.26. The van der Waals surface area contributed by atoms with E-state index in [1.807, 2.05) is 37.4 Å². The van der Waals surface area contributed by atoms with Crippen LogP contribution in [0.25, 0.3) is 10.9 Å². The van der Waals surface area contributed by atoms with Crippen molar-refractivity contribution < 1.29 is 9.59 Å². The lowest BCUT2D eigenvalue weighted by Crippen LogP contribution is -2.36. The van der Waals surface area contributed by atoms with Gasteiger partial charge in [0, 0.05) is 40.8 Å². The Morgan fingerprint density at radius 1 is 1.18 bits per heavy atom. The van der Waals surface area contributed by atoms with Crippen LogP contribution >= 0.6 is 0 Å². The summed E-state index contributed by atoms with van der Waals surface area (Å²) in [5.41, 5.74) is 10.5. The summed E-state index contributed by atoms with van der Waals surface area (Å²) in [6.07, 6.45) is 0. The number of fused-ring (bicyclic) bond motifs is 4. The number of carbonyl (C=O) groups excluding carboxylic acids is 2. The Balaban J connectivity index is 1.63. The van der Waals surface area contributed by atoms with Crippen molar-refractivity contribution in [2.75, 3.05) is 30.4 Å². The molecule has 1 aromatic heterocycles.